The Morgan fingerprint density at radius 1 is 1.12 bits per heavy atom. The normalized spacial score (nSPS) is 14.6. The third kappa shape index (κ3) is 3.87. The fourth-order valence-corrected chi connectivity index (χ4v) is 4.09. The molecule has 3 heterocycles. The number of hydrogen-bond acceptors (Lipinski definition) is 5. The van der Waals surface area contributed by atoms with Crippen LogP contribution in [0.4, 0.5) is 4.39 Å². The van der Waals surface area contributed by atoms with E-state index >= 15 is 0 Å². The Morgan fingerprint density at radius 2 is 1.91 bits per heavy atom. The standard InChI is InChI=1S/C25H22FN3O3/c1-29-22-15-18(26)6-9-21(22)28-24(29)23(30)17-4-7-19(8-5-17)32-25-20(3-2-12-27-25)16-10-13-31-14-11-16/h2-9,12,15-16H,10-11,13-14H2,1H3. The lowest BCUT2D eigenvalue weighted by atomic mass is 9.92. The van der Waals surface area contributed by atoms with E-state index in [9.17, 15) is 9.18 Å². The van der Waals surface area contributed by atoms with E-state index in [0.29, 0.717) is 34.1 Å². The minimum Gasteiger partial charge on any atom is -0.439 e. The van der Waals surface area contributed by atoms with Crippen LogP contribution in [0.25, 0.3) is 11.0 Å². The number of carbonyl (C=O) groups excluding carboxylic acids is 1. The Hall–Kier alpha value is -3.58. The number of imidazole rings is 1. The number of halogens is 1. The summed E-state index contributed by atoms with van der Waals surface area (Å²) in [5.74, 6) is 1.19. The van der Waals surface area contributed by atoms with Gasteiger partial charge in [0.15, 0.2) is 5.82 Å². The van der Waals surface area contributed by atoms with Gasteiger partial charge < -0.3 is 14.0 Å². The molecule has 4 aromatic rings. The van der Waals surface area contributed by atoms with Gasteiger partial charge in [-0.05, 0) is 67.3 Å². The van der Waals surface area contributed by atoms with E-state index in [1.165, 1.54) is 12.1 Å². The zero-order chi connectivity index (χ0) is 22.1. The highest BCUT2D eigenvalue weighted by Crippen LogP contribution is 2.34. The Balaban J connectivity index is 1.37. The quantitative estimate of drug-likeness (QED) is 0.415. The molecule has 0 N–H and O–H groups in total. The van der Waals surface area contributed by atoms with Gasteiger partial charge in [0, 0.05) is 37.6 Å². The minimum atomic E-state index is -0.365. The van der Waals surface area contributed by atoms with Crippen molar-refractivity contribution in [1.82, 2.24) is 14.5 Å². The van der Waals surface area contributed by atoms with E-state index in [2.05, 4.69) is 9.97 Å². The molecule has 6 nitrogen and oxygen atoms in total. The van der Waals surface area contributed by atoms with Crippen LogP contribution < -0.4 is 4.74 Å². The first-order valence-corrected chi connectivity index (χ1v) is 10.6. The minimum absolute atomic E-state index is 0.239. The second-order valence-electron chi connectivity index (χ2n) is 7.87. The van der Waals surface area contributed by atoms with Crippen molar-refractivity contribution in [3.63, 3.8) is 0 Å². The van der Waals surface area contributed by atoms with Crippen LogP contribution in [0.1, 0.15) is 40.5 Å². The van der Waals surface area contributed by atoms with E-state index in [4.69, 9.17) is 9.47 Å². The maximum absolute atomic E-state index is 13.6. The van der Waals surface area contributed by atoms with Gasteiger partial charge in [-0.15, -0.1) is 0 Å². The lowest BCUT2D eigenvalue weighted by Gasteiger charge is -2.23. The molecular formula is C25H22FN3O3. The number of ketones is 1. The summed E-state index contributed by atoms with van der Waals surface area (Å²) in [5.41, 5.74) is 2.70. The first-order chi connectivity index (χ1) is 15.6. The Labute approximate surface area is 184 Å². The van der Waals surface area contributed by atoms with Crippen molar-refractivity contribution in [2.24, 2.45) is 7.05 Å². The smallest absolute Gasteiger partial charge is 0.228 e. The lowest BCUT2D eigenvalue weighted by Crippen LogP contribution is -2.15. The van der Waals surface area contributed by atoms with Gasteiger partial charge in [-0.3, -0.25) is 4.79 Å². The molecule has 0 aliphatic carbocycles. The molecule has 0 saturated carbocycles. The van der Waals surface area contributed by atoms with Crippen molar-refractivity contribution in [1.29, 1.82) is 0 Å². The Bertz CT molecular complexity index is 1280. The maximum atomic E-state index is 13.6. The predicted octanol–water partition coefficient (Wildman–Crippen LogP) is 5.02. The fourth-order valence-electron chi connectivity index (χ4n) is 4.09. The highest BCUT2D eigenvalue weighted by Gasteiger charge is 2.21. The lowest BCUT2D eigenvalue weighted by molar-refractivity contribution is 0.0848. The van der Waals surface area contributed by atoms with Crippen molar-refractivity contribution < 1.29 is 18.7 Å². The van der Waals surface area contributed by atoms with Crippen LogP contribution in [0.5, 0.6) is 11.6 Å². The topological polar surface area (TPSA) is 66.2 Å². The summed E-state index contributed by atoms with van der Waals surface area (Å²) in [7, 11) is 1.71. The van der Waals surface area contributed by atoms with Gasteiger partial charge >= 0.3 is 0 Å². The van der Waals surface area contributed by atoms with Gasteiger partial charge in [0.25, 0.3) is 0 Å². The van der Waals surface area contributed by atoms with Crippen molar-refractivity contribution in [2.45, 2.75) is 18.8 Å². The summed E-state index contributed by atoms with van der Waals surface area (Å²) in [5, 5.41) is 0. The number of fused-ring (bicyclic) bond motifs is 1. The van der Waals surface area contributed by atoms with Crippen LogP contribution in [-0.4, -0.2) is 33.5 Å². The number of carbonyl (C=O) groups is 1. The van der Waals surface area contributed by atoms with Gasteiger partial charge in [0.1, 0.15) is 11.6 Å². The molecule has 5 rings (SSSR count). The van der Waals surface area contributed by atoms with Crippen LogP contribution in [-0.2, 0) is 11.8 Å². The van der Waals surface area contributed by atoms with Crippen LogP contribution in [0.15, 0.2) is 60.8 Å². The van der Waals surface area contributed by atoms with Crippen molar-refractivity contribution in [2.75, 3.05) is 13.2 Å². The molecule has 1 aliphatic heterocycles. The van der Waals surface area contributed by atoms with E-state index in [-0.39, 0.29) is 17.4 Å². The molecule has 1 fully saturated rings. The summed E-state index contributed by atoms with van der Waals surface area (Å²) in [6.07, 6.45) is 3.60. The molecule has 162 valence electrons. The molecule has 0 radical (unpaired) electrons. The van der Waals surface area contributed by atoms with Crippen molar-refractivity contribution in [3.05, 3.63) is 83.6 Å². The molecule has 1 aliphatic rings. The van der Waals surface area contributed by atoms with Crippen LogP contribution in [0, 0.1) is 5.82 Å². The maximum Gasteiger partial charge on any atom is 0.228 e. The summed E-state index contributed by atoms with van der Waals surface area (Å²) in [4.78, 5) is 21.8. The number of benzene rings is 2. The summed E-state index contributed by atoms with van der Waals surface area (Å²) < 4.78 is 26.7. The van der Waals surface area contributed by atoms with Gasteiger partial charge in [0.2, 0.25) is 11.7 Å². The van der Waals surface area contributed by atoms with E-state index < -0.39 is 0 Å². The highest BCUT2D eigenvalue weighted by atomic mass is 19.1. The van der Waals surface area contributed by atoms with E-state index in [1.807, 2.05) is 12.1 Å². The van der Waals surface area contributed by atoms with Gasteiger partial charge in [0.05, 0.1) is 11.0 Å². The monoisotopic (exact) mass is 431 g/mol. The number of rotatable bonds is 5. The predicted molar refractivity (Wildman–Crippen MR) is 118 cm³/mol. The molecule has 2 aromatic heterocycles. The average Bonchev–Trinajstić information content (AvgIpc) is 3.16. The number of nitrogens with zero attached hydrogens (tertiary/aromatic N) is 3. The second kappa shape index (κ2) is 8.51. The molecule has 0 atom stereocenters. The zero-order valence-corrected chi connectivity index (χ0v) is 17.6. The largest absolute Gasteiger partial charge is 0.439 e. The van der Waals surface area contributed by atoms with Crippen LogP contribution in [0.3, 0.4) is 0 Å². The number of aromatic nitrogens is 3. The molecule has 0 spiro atoms. The molecular weight excluding hydrogens is 409 g/mol. The highest BCUT2D eigenvalue weighted by molar-refractivity contribution is 6.08. The number of pyridine rings is 1. The van der Waals surface area contributed by atoms with E-state index in [1.54, 1.807) is 48.1 Å². The van der Waals surface area contributed by atoms with E-state index in [0.717, 1.165) is 31.6 Å². The molecule has 7 heteroatoms. The summed E-state index contributed by atoms with van der Waals surface area (Å²) >= 11 is 0. The SMILES string of the molecule is Cn1c(C(=O)c2ccc(Oc3ncccc3C3CCOCC3)cc2)nc2ccc(F)cc21. The third-order valence-electron chi connectivity index (χ3n) is 5.84. The first kappa shape index (κ1) is 20.3. The van der Waals surface area contributed by atoms with Gasteiger partial charge in [-0.2, -0.15) is 0 Å². The Morgan fingerprint density at radius 3 is 2.69 bits per heavy atom. The van der Waals surface area contributed by atoms with Crippen molar-refractivity contribution >= 4 is 16.8 Å². The molecule has 2 aromatic carbocycles. The second-order valence-corrected chi connectivity index (χ2v) is 7.87. The molecule has 0 unspecified atom stereocenters. The number of hydrogen-bond donors (Lipinski definition) is 0. The molecule has 1 saturated heterocycles. The molecule has 0 amide bonds. The number of ether oxygens (including phenoxy) is 2. The first-order valence-electron chi connectivity index (χ1n) is 10.6. The molecule has 32 heavy (non-hydrogen) atoms. The van der Waals surface area contributed by atoms with Gasteiger partial charge in [-0.25, -0.2) is 14.4 Å². The number of aryl methyl sites for hydroxylation is 1. The molecule has 0 bridgehead atoms. The van der Waals surface area contributed by atoms with Crippen LogP contribution in [0.2, 0.25) is 0 Å². The van der Waals surface area contributed by atoms with Gasteiger partial charge in [-0.1, -0.05) is 6.07 Å². The van der Waals surface area contributed by atoms with Crippen molar-refractivity contribution in [3.8, 4) is 11.6 Å². The Kier molecular flexibility index (Phi) is 5.41. The van der Waals surface area contributed by atoms with Crippen LogP contribution >= 0.6 is 0 Å². The average molecular weight is 431 g/mol. The summed E-state index contributed by atoms with van der Waals surface area (Å²) in [6, 6.07) is 15.1. The summed E-state index contributed by atoms with van der Waals surface area (Å²) in [6.45, 7) is 1.48. The third-order valence-corrected chi connectivity index (χ3v) is 5.84. The fraction of sp³-hybridized carbons (Fsp3) is 0.240. The zero-order valence-electron chi connectivity index (χ0n) is 17.6.